The highest BCUT2D eigenvalue weighted by Crippen LogP contribution is 2.22. The maximum atomic E-state index is 12.0. The number of hydrogen-bond acceptors (Lipinski definition) is 2. The molecular weight excluding hydrogens is 334 g/mol. The van der Waals surface area contributed by atoms with Crippen LogP contribution in [0.3, 0.4) is 0 Å². The molecule has 104 valence electrons. The van der Waals surface area contributed by atoms with Gasteiger partial charge < -0.3 is 10.4 Å². The van der Waals surface area contributed by atoms with Crippen LogP contribution in [-0.2, 0) is 4.79 Å². The molecule has 4 nitrogen and oxygen atoms in total. The average molecular weight is 349 g/mol. The molecule has 1 unspecified atom stereocenters. The number of hydrogen-bond donors (Lipinski definition) is 2. The molecule has 0 aromatic heterocycles. The van der Waals surface area contributed by atoms with Crippen LogP contribution in [0.25, 0.3) is 0 Å². The molecule has 1 atom stereocenters. The SMILES string of the molecule is CCC(C)(CNC(=O)c1cc(Cl)cc(Br)c1)C(=O)O. The van der Waals surface area contributed by atoms with Gasteiger partial charge in [-0.15, -0.1) is 0 Å². The summed E-state index contributed by atoms with van der Waals surface area (Å²) in [5, 5.41) is 12.2. The average Bonchev–Trinajstić information content (AvgIpc) is 2.34. The Balaban J connectivity index is 2.78. The summed E-state index contributed by atoms with van der Waals surface area (Å²) in [7, 11) is 0. The molecule has 2 N–H and O–H groups in total. The zero-order chi connectivity index (χ0) is 14.6. The van der Waals surface area contributed by atoms with Crippen LogP contribution in [0.2, 0.25) is 5.02 Å². The van der Waals surface area contributed by atoms with Gasteiger partial charge in [0.1, 0.15) is 0 Å². The van der Waals surface area contributed by atoms with Gasteiger partial charge in [0.05, 0.1) is 5.41 Å². The number of carbonyl (C=O) groups excluding carboxylic acids is 1. The Bertz CT molecular complexity index is 486. The van der Waals surface area contributed by atoms with E-state index in [1.165, 1.54) is 6.07 Å². The Labute approximate surface area is 125 Å². The van der Waals surface area contributed by atoms with Crippen LogP contribution >= 0.6 is 27.5 Å². The van der Waals surface area contributed by atoms with Crippen LogP contribution in [0.4, 0.5) is 0 Å². The van der Waals surface area contributed by atoms with E-state index in [1.807, 2.05) is 0 Å². The molecule has 0 spiro atoms. The van der Waals surface area contributed by atoms with E-state index >= 15 is 0 Å². The second kappa shape index (κ2) is 6.39. The summed E-state index contributed by atoms with van der Waals surface area (Å²) in [6.07, 6.45) is 0.432. The van der Waals surface area contributed by atoms with E-state index in [0.717, 1.165) is 0 Å². The molecule has 1 amide bonds. The molecule has 0 radical (unpaired) electrons. The van der Waals surface area contributed by atoms with Gasteiger partial charge in [0.2, 0.25) is 0 Å². The highest BCUT2D eigenvalue weighted by atomic mass is 79.9. The lowest BCUT2D eigenvalue weighted by Crippen LogP contribution is -2.40. The summed E-state index contributed by atoms with van der Waals surface area (Å²) in [5.41, 5.74) is -0.575. The fourth-order valence-corrected chi connectivity index (χ4v) is 2.27. The normalized spacial score (nSPS) is 13.7. The second-order valence-electron chi connectivity index (χ2n) is 4.56. The third kappa shape index (κ3) is 4.21. The van der Waals surface area contributed by atoms with Crippen molar-refractivity contribution in [3.05, 3.63) is 33.3 Å². The van der Waals surface area contributed by atoms with Gasteiger partial charge in [0.15, 0.2) is 0 Å². The predicted octanol–water partition coefficient (Wildman–Crippen LogP) is 3.33. The molecule has 0 fully saturated rings. The van der Waals surface area contributed by atoms with E-state index in [2.05, 4.69) is 21.2 Å². The summed E-state index contributed by atoms with van der Waals surface area (Å²) in [6, 6.07) is 4.84. The number of rotatable bonds is 5. The number of amides is 1. The lowest BCUT2D eigenvalue weighted by Gasteiger charge is -2.23. The quantitative estimate of drug-likeness (QED) is 0.857. The topological polar surface area (TPSA) is 66.4 Å². The van der Waals surface area contributed by atoms with Gasteiger partial charge in [-0.1, -0.05) is 34.5 Å². The van der Waals surface area contributed by atoms with E-state index in [-0.39, 0.29) is 12.5 Å². The van der Waals surface area contributed by atoms with Crippen molar-refractivity contribution in [2.45, 2.75) is 20.3 Å². The Hall–Kier alpha value is -1.07. The third-order valence-corrected chi connectivity index (χ3v) is 3.74. The van der Waals surface area contributed by atoms with Gasteiger partial charge in [-0.25, -0.2) is 0 Å². The van der Waals surface area contributed by atoms with E-state index in [1.54, 1.807) is 26.0 Å². The van der Waals surface area contributed by atoms with E-state index in [9.17, 15) is 9.59 Å². The van der Waals surface area contributed by atoms with E-state index in [4.69, 9.17) is 16.7 Å². The standard InChI is InChI=1S/C13H15BrClNO3/c1-3-13(2,12(18)19)7-16-11(17)8-4-9(14)6-10(15)5-8/h4-6H,3,7H2,1-2H3,(H,16,17)(H,18,19). The number of carbonyl (C=O) groups is 2. The summed E-state index contributed by atoms with van der Waals surface area (Å²) < 4.78 is 0.696. The molecule has 0 aliphatic heterocycles. The number of carboxylic acids is 1. The van der Waals surface area contributed by atoms with E-state index < -0.39 is 11.4 Å². The minimum absolute atomic E-state index is 0.0712. The van der Waals surface area contributed by atoms with Crippen molar-refractivity contribution in [2.24, 2.45) is 5.41 Å². The number of benzene rings is 1. The fourth-order valence-electron chi connectivity index (χ4n) is 1.41. The molecule has 0 aliphatic carbocycles. The second-order valence-corrected chi connectivity index (χ2v) is 5.91. The molecule has 6 heteroatoms. The number of nitrogens with one attached hydrogen (secondary N) is 1. The summed E-state index contributed by atoms with van der Waals surface area (Å²) in [4.78, 5) is 23.1. The highest BCUT2D eigenvalue weighted by Gasteiger charge is 2.31. The van der Waals surface area contributed by atoms with Crippen LogP contribution in [0, 0.1) is 5.41 Å². The first-order valence-corrected chi connectivity index (χ1v) is 6.93. The van der Waals surface area contributed by atoms with Gasteiger partial charge in [0, 0.05) is 21.6 Å². The van der Waals surface area contributed by atoms with Crippen molar-refractivity contribution in [2.75, 3.05) is 6.54 Å². The molecule has 0 bridgehead atoms. The highest BCUT2D eigenvalue weighted by molar-refractivity contribution is 9.10. The molecule has 1 aromatic rings. The predicted molar refractivity (Wildman–Crippen MR) is 77.5 cm³/mol. The molecule has 0 saturated heterocycles. The summed E-state index contributed by atoms with van der Waals surface area (Å²) in [5.74, 6) is -1.27. The molecule has 19 heavy (non-hydrogen) atoms. The van der Waals surface area contributed by atoms with Crippen molar-refractivity contribution in [1.82, 2.24) is 5.32 Å². The zero-order valence-electron chi connectivity index (χ0n) is 10.7. The first-order valence-electron chi connectivity index (χ1n) is 5.76. The maximum absolute atomic E-state index is 12.0. The Morgan fingerprint density at radius 1 is 1.42 bits per heavy atom. The third-order valence-electron chi connectivity index (χ3n) is 3.06. The molecule has 0 saturated carbocycles. The minimum Gasteiger partial charge on any atom is -0.481 e. The molecule has 1 aromatic carbocycles. The lowest BCUT2D eigenvalue weighted by molar-refractivity contribution is -0.147. The number of aliphatic carboxylic acids is 1. The summed E-state index contributed by atoms with van der Waals surface area (Å²) in [6.45, 7) is 3.45. The Morgan fingerprint density at radius 3 is 2.53 bits per heavy atom. The van der Waals surface area contributed by atoms with Gasteiger partial charge >= 0.3 is 5.97 Å². The zero-order valence-corrected chi connectivity index (χ0v) is 13.0. The van der Waals surface area contributed by atoms with Crippen molar-refractivity contribution < 1.29 is 14.7 Å². The van der Waals surface area contributed by atoms with Gasteiger partial charge in [-0.05, 0) is 31.5 Å². The first-order chi connectivity index (χ1) is 8.78. The number of halogens is 2. The Kier molecular flexibility index (Phi) is 5.38. The van der Waals surface area contributed by atoms with Crippen LogP contribution in [0.1, 0.15) is 30.6 Å². The Morgan fingerprint density at radius 2 is 2.05 bits per heavy atom. The van der Waals surface area contributed by atoms with E-state index in [0.29, 0.717) is 21.5 Å². The van der Waals surface area contributed by atoms with Crippen molar-refractivity contribution in [1.29, 1.82) is 0 Å². The van der Waals surface area contributed by atoms with Gasteiger partial charge in [0.25, 0.3) is 5.91 Å². The molecule has 1 rings (SSSR count). The van der Waals surface area contributed by atoms with Crippen molar-refractivity contribution in [3.8, 4) is 0 Å². The maximum Gasteiger partial charge on any atom is 0.311 e. The van der Waals surface area contributed by atoms with Gasteiger partial charge in [-0.3, -0.25) is 9.59 Å². The first kappa shape index (κ1) is 16.0. The largest absolute Gasteiger partial charge is 0.481 e. The summed E-state index contributed by atoms with van der Waals surface area (Å²) >= 11 is 9.11. The van der Waals surface area contributed by atoms with Crippen LogP contribution in [0.15, 0.2) is 22.7 Å². The fraction of sp³-hybridized carbons (Fsp3) is 0.385. The lowest BCUT2D eigenvalue weighted by atomic mass is 9.87. The minimum atomic E-state index is -0.967. The molecular formula is C13H15BrClNO3. The van der Waals surface area contributed by atoms with Gasteiger partial charge in [-0.2, -0.15) is 0 Å². The smallest absolute Gasteiger partial charge is 0.311 e. The number of carboxylic acid groups (broad SMARTS) is 1. The van der Waals surface area contributed by atoms with Crippen LogP contribution in [0.5, 0.6) is 0 Å². The van der Waals surface area contributed by atoms with Crippen molar-refractivity contribution >= 4 is 39.4 Å². The molecule has 0 heterocycles. The molecule has 0 aliphatic rings. The van der Waals surface area contributed by atoms with Crippen LogP contribution < -0.4 is 5.32 Å². The van der Waals surface area contributed by atoms with Crippen molar-refractivity contribution in [3.63, 3.8) is 0 Å². The van der Waals surface area contributed by atoms with Crippen LogP contribution in [-0.4, -0.2) is 23.5 Å². The monoisotopic (exact) mass is 347 g/mol.